The van der Waals surface area contributed by atoms with E-state index in [2.05, 4.69) is 32.6 Å². The molecule has 0 radical (unpaired) electrons. The number of carbonyl (C=O) groups is 1. The third kappa shape index (κ3) is 6.43. The molecule has 1 heterocycles. The second kappa shape index (κ2) is 9.51. The molecule has 1 amide bonds. The third-order valence-corrected chi connectivity index (χ3v) is 4.78. The van der Waals surface area contributed by atoms with Crippen molar-refractivity contribution in [3.63, 3.8) is 0 Å². The van der Waals surface area contributed by atoms with E-state index in [1.165, 1.54) is 5.57 Å². The molecule has 2 rings (SSSR count). The Bertz CT molecular complexity index is 493. The maximum Gasteiger partial charge on any atom is 0.233 e. The first-order valence-electron chi connectivity index (χ1n) is 6.74. The highest BCUT2D eigenvalue weighted by Gasteiger charge is 2.14. The molecule has 1 aliphatic heterocycles. The molecule has 0 spiro atoms. The number of halogens is 2. The number of rotatable bonds is 5. The molecule has 1 aromatic carbocycles. The van der Waals surface area contributed by atoms with E-state index in [0.717, 1.165) is 28.9 Å². The van der Waals surface area contributed by atoms with Crippen molar-refractivity contribution in [2.75, 3.05) is 19.6 Å². The van der Waals surface area contributed by atoms with Crippen LogP contribution in [0.15, 0.2) is 45.3 Å². The van der Waals surface area contributed by atoms with E-state index >= 15 is 0 Å². The molecule has 0 fully saturated rings. The van der Waals surface area contributed by atoms with Crippen LogP contribution in [0, 0.1) is 0 Å². The third-order valence-electron chi connectivity index (χ3n) is 3.14. The Morgan fingerprint density at radius 3 is 2.76 bits per heavy atom. The predicted octanol–water partition coefficient (Wildman–Crippen LogP) is 3.39. The minimum atomic E-state index is -0.0847. The molecule has 0 saturated heterocycles. The van der Waals surface area contributed by atoms with E-state index in [9.17, 15) is 4.79 Å². The van der Waals surface area contributed by atoms with E-state index in [1.54, 1.807) is 11.8 Å². The number of nitrogens with one attached hydrogen (secondary N) is 2. The second-order valence-electron chi connectivity index (χ2n) is 4.75. The normalized spacial score (nSPS) is 15.6. The monoisotopic (exact) mass is 390 g/mol. The first kappa shape index (κ1) is 18.6. The van der Waals surface area contributed by atoms with Gasteiger partial charge in [-0.1, -0.05) is 27.6 Å². The number of carbonyl (C=O) groups excluding carboxylic acids is 1. The van der Waals surface area contributed by atoms with Gasteiger partial charge in [-0.15, -0.1) is 24.2 Å². The van der Waals surface area contributed by atoms with Crippen LogP contribution in [-0.4, -0.2) is 30.8 Å². The van der Waals surface area contributed by atoms with Crippen LogP contribution in [0.4, 0.5) is 0 Å². The molecule has 1 aliphatic rings. The van der Waals surface area contributed by atoms with Crippen LogP contribution in [0.5, 0.6) is 0 Å². The van der Waals surface area contributed by atoms with Crippen molar-refractivity contribution in [1.29, 1.82) is 0 Å². The smallest absolute Gasteiger partial charge is 0.233 e. The highest BCUT2D eigenvalue weighted by atomic mass is 79.9. The Labute approximate surface area is 144 Å². The summed E-state index contributed by atoms with van der Waals surface area (Å²) in [4.78, 5) is 13.2. The van der Waals surface area contributed by atoms with Gasteiger partial charge in [0.2, 0.25) is 5.91 Å². The highest BCUT2D eigenvalue weighted by Crippen LogP contribution is 2.24. The van der Waals surface area contributed by atoms with Gasteiger partial charge >= 0.3 is 0 Å². The molecule has 3 nitrogen and oxygen atoms in total. The van der Waals surface area contributed by atoms with E-state index in [0.29, 0.717) is 6.54 Å². The Kier molecular flexibility index (Phi) is 8.41. The number of thioether (sulfide) groups is 1. The fourth-order valence-corrected chi connectivity index (χ4v) is 3.10. The van der Waals surface area contributed by atoms with E-state index in [4.69, 9.17) is 0 Å². The van der Waals surface area contributed by atoms with E-state index in [1.807, 2.05) is 31.2 Å². The van der Waals surface area contributed by atoms with E-state index < -0.39 is 0 Å². The SMILES string of the molecule is CC(Sc1ccc(Br)cc1)C(=O)NCC1=CCNCC1.Cl. The zero-order valence-corrected chi connectivity index (χ0v) is 15.1. The number of hydrogen-bond donors (Lipinski definition) is 2. The Morgan fingerprint density at radius 2 is 2.14 bits per heavy atom. The summed E-state index contributed by atoms with van der Waals surface area (Å²) in [5.74, 6) is 0.0948. The van der Waals surface area contributed by atoms with Crippen molar-refractivity contribution in [3.05, 3.63) is 40.4 Å². The lowest BCUT2D eigenvalue weighted by atomic mass is 10.1. The summed E-state index contributed by atoms with van der Waals surface area (Å²) < 4.78 is 1.05. The van der Waals surface area contributed by atoms with Gasteiger partial charge in [0, 0.05) is 22.5 Å². The van der Waals surface area contributed by atoms with Crippen LogP contribution < -0.4 is 10.6 Å². The van der Waals surface area contributed by atoms with Crippen molar-refractivity contribution in [2.24, 2.45) is 0 Å². The van der Waals surface area contributed by atoms with Gasteiger partial charge in [0.25, 0.3) is 0 Å². The fourth-order valence-electron chi connectivity index (χ4n) is 1.95. The quantitative estimate of drug-likeness (QED) is 0.597. The average molecular weight is 392 g/mol. The largest absolute Gasteiger partial charge is 0.351 e. The summed E-state index contributed by atoms with van der Waals surface area (Å²) >= 11 is 4.99. The lowest BCUT2D eigenvalue weighted by molar-refractivity contribution is -0.120. The van der Waals surface area contributed by atoms with Gasteiger partial charge in [0.05, 0.1) is 5.25 Å². The Balaban J connectivity index is 0.00000220. The van der Waals surface area contributed by atoms with E-state index in [-0.39, 0.29) is 23.6 Å². The fraction of sp³-hybridized carbons (Fsp3) is 0.400. The summed E-state index contributed by atoms with van der Waals surface area (Å²) in [6.07, 6.45) is 3.19. The number of amides is 1. The minimum absolute atomic E-state index is 0. The van der Waals surface area contributed by atoms with Crippen LogP contribution in [0.25, 0.3) is 0 Å². The average Bonchev–Trinajstić information content (AvgIpc) is 2.48. The van der Waals surface area contributed by atoms with Crippen molar-refractivity contribution in [1.82, 2.24) is 10.6 Å². The molecule has 0 bridgehead atoms. The lowest BCUT2D eigenvalue weighted by Crippen LogP contribution is -2.34. The van der Waals surface area contributed by atoms with Gasteiger partial charge in [-0.3, -0.25) is 4.79 Å². The molecule has 21 heavy (non-hydrogen) atoms. The zero-order valence-electron chi connectivity index (χ0n) is 11.9. The van der Waals surface area contributed by atoms with Gasteiger partial charge in [-0.05, 0) is 44.2 Å². The summed E-state index contributed by atoms with van der Waals surface area (Å²) in [6, 6.07) is 8.03. The van der Waals surface area contributed by atoms with Crippen LogP contribution in [0.3, 0.4) is 0 Å². The minimum Gasteiger partial charge on any atom is -0.351 e. The van der Waals surface area contributed by atoms with Crippen LogP contribution in [-0.2, 0) is 4.79 Å². The lowest BCUT2D eigenvalue weighted by Gasteiger charge is -2.16. The van der Waals surface area contributed by atoms with Crippen LogP contribution in [0.2, 0.25) is 0 Å². The summed E-state index contributed by atoms with van der Waals surface area (Å²) in [7, 11) is 0. The van der Waals surface area contributed by atoms with Crippen molar-refractivity contribution in [2.45, 2.75) is 23.5 Å². The number of benzene rings is 1. The van der Waals surface area contributed by atoms with Gasteiger partial charge in [-0.25, -0.2) is 0 Å². The van der Waals surface area contributed by atoms with Crippen LogP contribution >= 0.6 is 40.1 Å². The first-order chi connectivity index (χ1) is 9.65. The van der Waals surface area contributed by atoms with Crippen molar-refractivity contribution >= 4 is 46.0 Å². The molecular weight excluding hydrogens is 372 g/mol. The highest BCUT2D eigenvalue weighted by molar-refractivity contribution is 9.10. The molecule has 6 heteroatoms. The summed E-state index contributed by atoms with van der Waals surface area (Å²) in [5.41, 5.74) is 1.32. The zero-order chi connectivity index (χ0) is 14.4. The second-order valence-corrected chi connectivity index (χ2v) is 7.08. The summed E-state index contributed by atoms with van der Waals surface area (Å²) in [5, 5.41) is 6.20. The van der Waals surface area contributed by atoms with Gasteiger partial charge in [0.1, 0.15) is 0 Å². The Hall–Kier alpha value is -0.490. The maximum absolute atomic E-state index is 12.1. The van der Waals surface area contributed by atoms with Crippen molar-refractivity contribution < 1.29 is 4.79 Å². The summed E-state index contributed by atoms with van der Waals surface area (Å²) in [6.45, 7) is 4.53. The Morgan fingerprint density at radius 1 is 1.43 bits per heavy atom. The van der Waals surface area contributed by atoms with Crippen LogP contribution in [0.1, 0.15) is 13.3 Å². The molecule has 0 aliphatic carbocycles. The standard InChI is InChI=1S/C15H19BrN2OS.ClH/c1-11(20-14-4-2-13(16)3-5-14)15(19)18-10-12-6-8-17-9-7-12;/h2-6,11,17H,7-10H2,1H3,(H,18,19);1H. The predicted molar refractivity (Wildman–Crippen MR) is 95.3 cm³/mol. The van der Waals surface area contributed by atoms with Gasteiger partial charge < -0.3 is 10.6 Å². The molecule has 0 aromatic heterocycles. The van der Waals surface area contributed by atoms with Gasteiger partial charge in [0.15, 0.2) is 0 Å². The molecule has 1 aromatic rings. The molecule has 0 saturated carbocycles. The first-order valence-corrected chi connectivity index (χ1v) is 8.41. The molecule has 1 unspecified atom stereocenters. The molecule has 1 atom stereocenters. The van der Waals surface area contributed by atoms with Crippen molar-refractivity contribution in [3.8, 4) is 0 Å². The molecule has 2 N–H and O–H groups in total. The molecule has 116 valence electrons. The number of hydrogen-bond acceptors (Lipinski definition) is 3. The molecular formula is C15H20BrClN2OS. The van der Waals surface area contributed by atoms with Gasteiger partial charge in [-0.2, -0.15) is 0 Å². The topological polar surface area (TPSA) is 41.1 Å². The maximum atomic E-state index is 12.1.